The topological polar surface area (TPSA) is 96.4 Å². The fraction of sp³-hybridized carbons (Fsp3) is 0.606. The summed E-state index contributed by atoms with van der Waals surface area (Å²) in [7, 11) is 0. The maximum Gasteiger partial charge on any atom is 0.312 e. The van der Waals surface area contributed by atoms with Gasteiger partial charge in [0.2, 0.25) is 5.91 Å². The number of fused-ring (bicyclic) bond motifs is 1. The predicted molar refractivity (Wildman–Crippen MR) is 158 cm³/mol. The summed E-state index contributed by atoms with van der Waals surface area (Å²) in [4.78, 5) is 45.9. The molecular formula is C33H46N2O6. The molecule has 1 aromatic carbocycles. The molecule has 3 saturated heterocycles. The van der Waals surface area contributed by atoms with Gasteiger partial charge in [-0.1, -0.05) is 50.6 Å². The Kier molecular flexibility index (Phi) is 9.75. The fourth-order valence-electron chi connectivity index (χ4n) is 7.27. The first-order valence-corrected chi connectivity index (χ1v) is 15.0. The van der Waals surface area contributed by atoms with Gasteiger partial charge in [0.05, 0.1) is 37.2 Å². The molecule has 3 aliphatic heterocycles. The molecule has 0 saturated carbocycles. The number of likely N-dealkylation sites (tertiary alicyclic amines) is 1. The lowest BCUT2D eigenvalue weighted by Crippen LogP contribution is -2.60. The average molecular weight is 567 g/mol. The lowest BCUT2D eigenvalue weighted by molar-refractivity contribution is -0.156. The number of carbonyl (C=O) groups is 3. The molecule has 1 spiro atoms. The highest BCUT2D eigenvalue weighted by Crippen LogP contribution is 2.59. The van der Waals surface area contributed by atoms with Gasteiger partial charge in [-0.3, -0.25) is 14.4 Å². The molecule has 3 fully saturated rings. The van der Waals surface area contributed by atoms with E-state index in [-0.39, 0.29) is 37.5 Å². The number of benzene rings is 1. The molecule has 41 heavy (non-hydrogen) atoms. The molecule has 8 nitrogen and oxygen atoms in total. The van der Waals surface area contributed by atoms with Gasteiger partial charge in [0.25, 0.3) is 5.91 Å². The van der Waals surface area contributed by atoms with Crippen molar-refractivity contribution < 1.29 is 29.0 Å². The summed E-state index contributed by atoms with van der Waals surface area (Å²) >= 11 is 0. The highest BCUT2D eigenvalue weighted by atomic mass is 16.6. The first-order valence-electron chi connectivity index (χ1n) is 15.0. The summed E-state index contributed by atoms with van der Waals surface area (Å²) in [6.07, 6.45) is 7.20. The van der Waals surface area contributed by atoms with Crippen LogP contribution in [0.3, 0.4) is 0 Å². The van der Waals surface area contributed by atoms with E-state index < -0.39 is 41.6 Å². The zero-order valence-corrected chi connectivity index (χ0v) is 25.0. The largest absolute Gasteiger partial charge is 0.465 e. The lowest BCUT2D eigenvalue weighted by atomic mass is 9.70. The van der Waals surface area contributed by atoms with Gasteiger partial charge in [-0.25, -0.2) is 0 Å². The minimum atomic E-state index is -1.16. The predicted octanol–water partition coefficient (Wildman–Crippen LogP) is 4.50. The van der Waals surface area contributed by atoms with Crippen LogP contribution in [0.2, 0.25) is 0 Å². The Balaban J connectivity index is 1.76. The average Bonchev–Trinajstić information content (AvgIpc) is 3.60. The van der Waals surface area contributed by atoms with Crippen LogP contribution in [0.25, 0.3) is 0 Å². The van der Waals surface area contributed by atoms with Crippen molar-refractivity contribution in [2.75, 3.05) is 24.7 Å². The molecule has 3 heterocycles. The number of esters is 1. The van der Waals surface area contributed by atoms with Crippen molar-refractivity contribution in [1.82, 2.24) is 4.90 Å². The molecule has 224 valence electrons. The zero-order valence-electron chi connectivity index (χ0n) is 25.0. The third-order valence-electron chi connectivity index (χ3n) is 9.42. The highest BCUT2D eigenvalue weighted by Gasteiger charge is 2.75. The summed E-state index contributed by atoms with van der Waals surface area (Å²) < 4.78 is 12.3. The van der Waals surface area contributed by atoms with Crippen LogP contribution >= 0.6 is 0 Å². The first-order chi connectivity index (χ1) is 19.7. The molecule has 7 atom stereocenters. The van der Waals surface area contributed by atoms with E-state index in [0.29, 0.717) is 25.7 Å². The number of nitrogens with zero attached hydrogens (tertiary/aromatic N) is 2. The van der Waals surface area contributed by atoms with E-state index in [9.17, 15) is 19.5 Å². The quantitative estimate of drug-likeness (QED) is 0.202. The number of allylic oxidation sites excluding steroid dienone is 1. The molecule has 1 N–H and O–H groups in total. The molecule has 0 aromatic heterocycles. The summed E-state index contributed by atoms with van der Waals surface area (Å²) in [5, 5.41) is 10.6. The minimum absolute atomic E-state index is 0.0741. The van der Waals surface area contributed by atoms with Gasteiger partial charge in [0, 0.05) is 12.2 Å². The Bertz CT molecular complexity index is 1150. The summed E-state index contributed by atoms with van der Waals surface area (Å²) in [5.74, 6) is -2.71. The van der Waals surface area contributed by atoms with E-state index in [0.717, 1.165) is 29.7 Å². The van der Waals surface area contributed by atoms with Crippen molar-refractivity contribution in [2.24, 2.45) is 17.8 Å². The van der Waals surface area contributed by atoms with Gasteiger partial charge in [0.1, 0.15) is 11.6 Å². The Morgan fingerprint density at radius 3 is 2.56 bits per heavy atom. The number of ether oxygens (including phenoxy) is 2. The summed E-state index contributed by atoms with van der Waals surface area (Å²) in [6.45, 7) is 15.7. The molecule has 2 unspecified atom stereocenters. The number of aliphatic hydroxyl groups is 1. The third-order valence-corrected chi connectivity index (χ3v) is 9.42. The SMILES string of the molecule is C=CCCCCOC(=O)[C@@H]1[C@@H]2CCC3(O2)C(C(=O)N(CC=C)c2c(C)cccc2C)N([C@@H](CO)[C@@H](C)CC)C(=O)[C@H]13. The van der Waals surface area contributed by atoms with Crippen LogP contribution in [-0.4, -0.2) is 71.3 Å². The smallest absolute Gasteiger partial charge is 0.312 e. The Labute approximate surface area is 244 Å². The molecule has 8 heteroatoms. The second-order valence-corrected chi connectivity index (χ2v) is 11.9. The van der Waals surface area contributed by atoms with Gasteiger partial charge in [-0.05, 0) is 63.0 Å². The van der Waals surface area contributed by atoms with Crippen molar-refractivity contribution in [3.8, 4) is 0 Å². The second kappa shape index (κ2) is 12.9. The van der Waals surface area contributed by atoms with Crippen molar-refractivity contribution in [3.63, 3.8) is 0 Å². The van der Waals surface area contributed by atoms with E-state index in [2.05, 4.69) is 13.2 Å². The van der Waals surface area contributed by atoms with Crippen LogP contribution in [0, 0.1) is 31.6 Å². The van der Waals surface area contributed by atoms with Crippen LogP contribution in [0.4, 0.5) is 5.69 Å². The Morgan fingerprint density at radius 2 is 1.95 bits per heavy atom. The van der Waals surface area contributed by atoms with Gasteiger partial charge < -0.3 is 24.4 Å². The molecule has 2 bridgehead atoms. The second-order valence-electron chi connectivity index (χ2n) is 11.9. The Hall–Kier alpha value is -2.97. The molecule has 0 radical (unpaired) electrons. The molecular weight excluding hydrogens is 520 g/mol. The molecule has 2 amide bonds. The van der Waals surface area contributed by atoms with Gasteiger partial charge in [-0.15, -0.1) is 13.2 Å². The first kappa shape index (κ1) is 31.0. The number of aryl methyl sites for hydroxylation is 2. The van der Waals surface area contributed by atoms with E-state index in [1.54, 1.807) is 15.9 Å². The monoisotopic (exact) mass is 566 g/mol. The number of unbranched alkanes of at least 4 members (excludes halogenated alkanes) is 2. The number of aliphatic hydroxyl groups excluding tert-OH is 1. The molecule has 4 rings (SSSR count). The molecule has 0 aliphatic carbocycles. The van der Waals surface area contributed by atoms with Gasteiger partial charge >= 0.3 is 5.97 Å². The third kappa shape index (κ3) is 5.37. The fourth-order valence-corrected chi connectivity index (χ4v) is 7.27. The van der Waals surface area contributed by atoms with Crippen LogP contribution in [0.15, 0.2) is 43.5 Å². The summed E-state index contributed by atoms with van der Waals surface area (Å²) in [6, 6.07) is 4.28. The maximum absolute atomic E-state index is 14.8. The Morgan fingerprint density at radius 1 is 1.24 bits per heavy atom. The highest BCUT2D eigenvalue weighted by molar-refractivity contribution is 6.05. The standard InChI is InChI=1S/C33H46N2O6/c1-7-10-11-12-19-40-32(39)26-25-16-17-33(41-25)27(26)30(37)35(24(20-36)21(4)9-3)29(33)31(38)34(18-8-2)28-22(5)14-13-15-23(28)6/h7-8,13-15,21,24-27,29,36H,1-2,9-12,16-20H2,3-6H3/t21-,24-,25-,26+,27-,29?,33?/m0/s1. The van der Waals surface area contributed by atoms with Crippen LogP contribution in [0.1, 0.15) is 63.5 Å². The number of amides is 2. The number of para-hydroxylation sites is 1. The van der Waals surface area contributed by atoms with Crippen molar-refractivity contribution in [1.29, 1.82) is 0 Å². The van der Waals surface area contributed by atoms with E-state index in [4.69, 9.17) is 9.47 Å². The normalized spacial score (nSPS) is 27.8. The minimum Gasteiger partial charge on any atom is -0.465 e. The van der Waals surface area contributed by atoms with Crippen molar-refractivity contribution in [2.45, 2.75) is 90.0 Å². The van der Waals surface area contributed by atoms with Crippen molar-refractivity contribution >= 4 is 23.5 Å². The summed E-state index contributed by atoms with van der Waals surface area (Å²) in [5.41, 5.74) is 1.47. The molecule has 3 aliphatic rings. The number of rotatable bonds is 14. The van der Waals surface area contributed by atoms with E-state index in [1.807, 2.05) is 52.0 Å². The maximum atomic E-state index is 14.8. The van der Waals surface area contributed by atoms with Crippen LogP contribution in [-0.2, 0) is 23.9 Å². The number of carbonyl (C=O) groups excluding carboxylic acids is 3. The van der Waals surface area contributed by atoms with Crippen molar-refractivity contribution in [3.05, 3.63) is 54.6 Å². The van der Waals surface area contributed by atoms with Crippen LogP contribution in [0.5, 0.6) is 0 Å². The zero-order chi connectivity index (χ0) is 29.9. The lowest BCUT2D eigenvalue weighted by Gasteiger charge is -2.41. The number of hydrogen-bond acceptors (Lipinski definition) is 6. The van der Waals surface area contributed by atoms with Gasteiger partial charge in [0.15, 0.2) is 0 Å². The number of anilines is 1. The van der Waals surface area contributed by atoms with Gasteiger partial charge in [-0.2, -0.15) is 0 Å². The molecule has 1 aromatic rings. The van der Waals surface area contributed by atoms with Crippen LogP contribution < -0.4 is 4.90 Å². The van der Waals surface area contributed by atoms with E-state index in [1.165, 1.54) is 0 Å². The number of hydrogen-bond donors (Lipinski definition) is 1. The van der Waals surface area contributed by atoms with E-state index >= 15 is 0 Å².